The molecule has 0 atom stereocenters. The van der Waals surface area contributed by atoms with E-state index in [9.17, 15) is 4.79 Å². The largest absolute Gasteiger partial charge is 0.378 e. The van der Waals surface area contributed by atoms with Crippen molar-refractivity contribution in [3.05, 3.63) is 41.5 Å². The highest BCUT2D eigenvalue weighted by Crippen LogP contribution is 2.19. The number of urea groups is 1. The molecule has 2 aliphatic rings. The molecule has 1 aromatic carbocycles. The first kappa shape index (κ1) is 19.4. The molecule has 2 fully saturated rings. The highest BCUT2D eigenvalue weighted by Gasteiger charge is 2.22. The molecule has 3 heterocycles. The van der Waals surface area contributed by atoms with Gasteiger partial charge in [-0.3, -0.25) is 0 Å². The number of hydrogen-bond acceptors (Lipinski definition) is 6. The van der Waals surface area contributed by atoms with Crippen molar-refractivity contribution in [1.82, 2.24) is 15.1 Å². The van der Waals surface area contributed by atoms with Gasteiger partial charge < -0.3 is 24.8 Å². The zero-order chi connectivity index (χ0) is 20.2. The number of piperazine rings is 1. The second-order valence-corrected chi connectivity index (χ2v) is 7.55. The van der Waals surface area contributed by atoms with Crippen molar-refractivity contribution in [3.8, 4) is 0 Å². The number of morpholine rings is 1. The molecule has 0 bridgehead atoms. The Labute approximate surface area is 171 Å². The summed E-state index contributed by atoms with van der Waals surface area (Å²) in [6, 6.07) is 9.97. The number of hydrogen-bond donors (Lipinski definition) is 1. The first-order chi connectivity index (χ1) is 14.1. The van der Waals surface area contributed by atoms with Gasteiger partial charge in [0.25, 0.3) is 0 Å². The minimum atomic E-state index is -0.0540. The minimum Gasteiger partial charge on any atom is -0.378 e. The number of carbonyl (C=O) groups excluding carboxylic acids is 1. The van der Waals surface area contributed by atoms with Crippen molar-refractivity contribution >= 4 is 23.4 Å². The summed E-state index contributed by atoms with van der Waals surface area (Å²) < 4.78 is 5.38. The third kappa shape index (κ3) is 4.59. The van der Waals surface area contributed by atoms with Gasteiger partial charge in [0, 0.05) is 45.0 Å². The predicted octanol–water partition coefficient (Wildman–Crippen LogP) is 2.28. The fraction of sp³-hybridized carbons (Fsp3) is 0.476. The average Bonchev–Trinajstić information content (AvgIpc) is 2.77. The topological polar surface area (TPSA) is 73.8 Å². The zero-order valence-corrected chi connectivity index (χ0v) is 17.1. The molecule has 8 heteroatoms. The van der Waals surface area contributed by atoms with Crippen LogP contribution in [0.1, 0.15) is 11.1 Å². The molecular weight excluding hydrogens is 368 g/mol. The molecule has 8 nitrogen and oxygen atoms in total. The summed E-state index contributed by atoms with van der Waals surface area (Å²) in [5.74, 6) is 1.75. The Hall–Kier alpha value is -2.87. The molecule has 1 N–H and O–H groups in total. The van der Waals surface area contributed by atoms with E-state index in [2.05, 4.69) is 39.2 Å². The number of aryl methyl sites for hydroxylation is 2. The quantitative estimate of drug-likeness (QED) is 0.858. The number of amides is 2. The van der Waals surface area contributed by atoms with E-state index in [0.29, 0.717) is 13.1 Å². The number of nitrogens with one attached hydrogen (secondary N) is 1. The Morgan fingerprint density at radius 2 is 1.48 bits per heavy atom. The summed E-state index contributed by atoms with van der Waals surface area (Å²) in [5, 5.41) is 11.8. The maximum Gasteiger partial charge on any atom is 0.321 e. The van der Waals surface area contributed by atoms with Gasteiger partial charge >= 0.3 is 6.03 Å². The molecule has 2 saturated heterocycles. The Balaban J connectivity index is 1.30. The number of aromatic nitrogens is 2. The molecule has 0 unspecified atom stereocenters. The Bertz CT molecular complexity index is 843. The van der Waals surface area contributed by atoms with E-state index >= 15 is 0 Å². The van der Waals surface area contributed by atoms with Crippen LogP contribution in [0, 0.1) is 13.8 Å². The van der Waals surface area contributed by atoms with Gasteiger partial charge in [-0.25, -0.2) is 4.79 Å². The van der Waals surface area contributed by atoms with Gasteiger partial charge in [0.1, 0.15) is 0 Å². The van der Waals surface area contributed by atoms with E-state index < -0.39 is 0 Å². The maximum atomic E-state index is 12.6. The van der Waals surface area contributed by atoms with E-state index in [1.165, 1.54) is 11.1 Å². The number of nitrogens with zero attached hydrogens (tertiary/aromatic N) is 5. The van der Waals surface area contributed by atoms with Crippen molar-refractivity contribution in [2.75, 3.05) is 67.6 Å². The van der Waals surface area contributed by atoms with Gasteiger partial charge in [-0.05, 0) is 49.2 Å². The van der Waals surface area contributed by atoms with Crippen LogP contribution in [0.4, 0.5) is 22.1 Å². The average molecular weight is 396 g/mol. The number of anilines is 3. The molecule has 2 aromatic rings. The molecule has 0 spiro atoms. The fourth-order valence-electron chi connectivity index (χ4n) is 3.61. The minimum absolute atomic E-state index is 0.0540. The highest BCUT2D eigenvalue weighted by atomic mass is 16.5. The second kappa shape index (κ2) is 8.65. The van der Waals surface area contributed by atoms with Gasteiger partial charge in [-0.2, -0.15) is 0 Å². The molecule has 0 saturated carbocycles. The lowest BCUT2D eigenvalue weighted by Gasteiger charge is -2.35. The van der Waals surface area contributed by atoms with E-state index in [0.717, 1.165) is 56.7 Å². The van der Waals surface area contributed by atoms with Gasteiger partial charge in [0.05, 0.1) is 13.2 Å². The summed E-state index contributed by atoms with van der Waals surface area (Å²) in [6.45, 7) is 10.1. The van der Waals surface area contributed by atoms with Crippen molar-refractivity contribution in [1.29, 1.82) is 0 Å². The number of rotatable bonds is 3. The predicted molar refractivity (Wildman–Crippen MR) is 114 cm³/mol. The van der Waals surface area contributed by atoms with Gasteiger partial charge in [-0.1, -0.05) is 6.07 Å². The lowest BCUT2D eigenvalue weighted by Crippen LogP contribution is -2.50. The third-order valence-corrected chi connectivity index (χ3v) is 5.62. The van der Waals surface area contributed by atoms with Crippen LogP contribution in [0.3, 0.4) is 0 Å². The molecule has 154 valence electrons. The molecule has 2 amide bonds. The van der Waals surface area contributed by atoms with E-state index in [1.807, 2.05) is 35.2 Å². The summed E-state index contributed by atoms with van der Waals surface area (Å²) >= 11 is 0. The number of carbonyl (C=O) groups is 1. The smallest absolute Gasteiger partial charge is 0.321 e. The Morgan fingerprint density at radius 1 is 0.862 bits per heavy atom. The first-order valence-corrected chi connectivity index (χ1v) is 10.1. The maximum absolute atomic E-state index is 12.6. The van der Waals surface area contributed by atoms with E-state index in [4.69, 9.17) is 4.74 Å². The van der Waals surface area contributed by atoms with Gasteiger partial charge in [0.15, 0.2) is 11.6 Å². The van der Waals surface area contributed by atoms with Crippen LogP contribution >= 0.6 is 0 Å². The van der Waals surface area contributed by atoms with E-state index in [1.54, 1.807) is 0 Å². The standard InChI is InChI=1S/C21H28N6O2/c1-16-3-4-18(15-17(16)2)22-21(28)27-9-7-25(8-10-27)19-5-6-20(24-23-19)26-11-13-29-14-12-26/h3-6,15H,7-14H2,1-2H3,(H,22,28). The van der Waals surface area contributed by atoms with Crippen LogP contribution in [0.15, 0.2) is 30.3 Å². The van der Waals surface area contributed by atoms with Gasteiger partial charge in [0.2, 0.25) is 0 Å². The molecule has 2 aliphatic heterocycles. The third-order valence-electron chi connectivity index (χ3n) is 5.62. The summed E-state index contributed by atoms with van der Waals surface area (Å²) in [7, 11) is 0. The molecule has 1 aromatic heterocycles. The lowest BCUT2D eigenvalue weighted by atomic mass is 10.1. The number of ether oxygens (including phenoxy) is 1. The summed E-state index contributed by atoms with van der Waals surface area (Å²) in [4.78, 5) is 18.8. The normalized spacial score (nSPS) is 17.4. The van der Waals surface area contributed by atoms with E-state index in [-0.39, 0.29) is 6.03 Å². The molecule has 4 rings (SSSR count). The summed E-state index contributed by atoms with van der Waals surface area (Å²) in [5.41, 5.74) is 3.23. The molecule has 0 aliphatic carbocycles. The Kier molecular flexibility index (Phi) is 5.80. The molecule has 0 radical (unpaired) electrons. The summed E-state index contributed by atoms with van der Waals surface area (Å²) in [6.07, 6.45) is 0. The monoisotopic (exact) mass is 396 g/mol. The van der Waals surface area contributed by atoms with Crippen LogP contribution in [0.5, 0.6) is 0 Å². The van der Waals surface area contributed by atoms with Crippen LogP contribution in [-0.4, -0.2) is 73.6 Å². The lowest BCUT2D eigenvalue weighted by molar-refractivity contribution is 0.122. The first-order valence-electron chi connectivity index (χ1n) is 10.1. The second-order valence-electron chi connectivity index (χ2n) is 7.55. The van der Waals surface area contributed by atoms with Crippen molar-refractivity contribution < 1.29 is 9.53 Å². The highest BCUT2D eigenvalue weighted by molar-refractivity contribution is 5.89. The van der Waals surface area contributed by atoms with Crippen LogP contribution in [0.25, 0.3) is 0 Å². The van der Waals surface area contributed by atoms with Crippen LogP contribution in [0.2, 0.25) is 0 Å². The van der Waals surface area contributed by atoms with Crippen molar-refractivity contribution in [2.24, 2.45) is 0 Å². The van der Waals surface area contributed by atoms with Crippen LogP contribution in [-0.2, 0) is 4.74 Å². The van der Waals surface area contributed by atoms with Crippen molar-refractivity contribution in [3.63, 3.8) is 0 Å². The fourth-order valence-corrected chi connectivity index (χ4v) is 3.61. The zero-order valence-electron chi connectivity index (χ0n) is 17.1. The van der Waals surface area contributed by atoms with Gasteiger partial charge in [-0.15, -0.1) is 10.2 Å². The van der Waals surface area contributed by atoms with Crippen molar-refractivity contribution in [2.45, 2.75) is 13.8 Å². The Morgan fingerprint density at radius 3 is 2.07 bits per heavy atom. The molecule has 29 heavy (non-hydrogen) atoms. The molecular formula is C21H28N6O2. The SMILES string of the molecule is Cc1ccc(NC(=O)N2CCN(c3ccc(N4CCOCC4)nn3)CC2)cc1C. The number of benzene rings is 1. The van der Waals surface area contributed by atoms with Crippen LogP contribution < -0.4 is 15.1 Å².